The van der Waals surface area contributed by atoms with E-state index in [9.17, 15) is 9.59 Å². The van der Waals surface area contributed by atoms with Crippen molar-refractivity contribution in [3.8, 4) is 0 Å². The Balaban J connectivity index is 1.94. The van der Waals surface area contributed by atoms with E-state index in [0.29, 0.717) is 16.5 Å². The number of thiocarbonyl (C=S) groups is 1. The molecule has 0 unspecified atom stereocenters. The lowest BCUT2D eigenvalue weighted by Gasteiger charge is -2.10. The van der Waals surface area contributed by atoms with Crippen LogP contribution in [0.1, 0.15) is 16.6 Å². The van der Waals surface area contributed by atoms with Gasteiger partial charge in [-0.25, -0.2) is 0 Å². The number of thiophene rings is 1. The summed E-state index contributed by atoms with van der Waals surface area (Å²) in [5, 5.41) is 3.62. The molecule has 0 aliphatic heterocycles. The van der Waals surface area contributed by atoms with Gasteiger partial charge in [-0.3, -0.25) is 25.8 Å². The van der Waals surface area contributed by atoms with Crippen molar-refractivity contribution in [3.05, 3.63) is 34.2 Å². The van der Waals surface area contributed by atoms with Crippen molar-refractivity contribution in [2.24, 2.45) is 0 Å². The molecule has 2 rings (SSSR count). The third-order valence-electron chi connectivity index (χ3n) is 2.72. The van der Waals surface area contributed by atoms with Gasteiger partial charge in [0.2, 0.25) is 0 Å². The van der Waals surface area contributed by atoms with Gasteiger partial charge >= 0.3 is 0 Å². The van der Waals surface area contributed by atoms with Gasteiger partial charge in [-0.05, 0) is 25.2 Å². The molecule has 0 bridgehead atoms. The van der Waals surface area contributed by atoms with Crippen molar-refractivity contribution in [3.63, 3.8) is 0 Å². The van der Waals surface area contributed by atoms with Gasteiger partial charge in [0.1, 0.15) is 11.5 Å². The summed E-state index contributed by atoms with van der Waals surface area (Å²) in [6.07, 6.45) is 0. The predicted octanol–water partition coefficient (Wildman–Crippen LogP) is 2.23. The van der Waals surface area contributed by atoms with Gasteiger partial charge in [-0.15, -0.1) is 11.3 Å². The zero-order valence-corrected chi connectivity index (χ0v) is 14.5. The zero-order valence-electron chi connectivity index (χ0n) is 12.1. The van der Waals surface area contributed by atoms with Crippen LogP contribution in [-0.2, 0) is 9.53 Å². The van der Waals surface area contributed by atoms with Crippen LogP contribution >= 0.6 is 35.2 Å². The molecule has 0 spiro atoms. The summed E-state index contributed by atoms with van der Waals surface area (Å²) >= 11 is 12.4. The normalized spacial score (nSPS) is 10.3. The number of hydrazine groups is 1. The summed E-state index contributed by atoms with van der Waals surface area (Å²) in [6, 6.07) is 7.45. The molecular weight excluding hydrogens is 358 g/mol. The first-order chi connectivity index (χ1) is 11.0. The van der Waals surface area contributed by atoms with E-state index in [2.05, 4.69) is 16.2 Å². The lowest BCUT2D eigenvalue weighted by Crippen LogP contribution is -2.49. The number of amides is 2. The molecule has 1 heterocycles. The Hall–Kier alpha value is -1.74. The number of hydrogen-bond donors (Lipinski definition) is 3. The fourth-order valence-corrected chi connectivity index (χ4v) is 3.26. The number of carbonyl (C=O) groups excluding carboxylic acids is 2. The highest BCUT2D eigenvalue weighted by molar-refractivity contribution is 7.80. The Morgan fingerprint density at radius 3 is 2.74 bits per heavy atom. The number of fused-ring (bicyclic) bond motifs is 1. The van der Waals surface area contributed by atoms with Gasteiger partial charge in [-0.2, -0.15) is 0 Å². The average Bonchev–Trinajstić information content (AvgIpc) is 2.88. The van der Waals surface area contributed by atoms with E-state index in [1.807, 2.05) is 24.3 Å². The maximum atomic E-state index is 12.2. The van der Waals surface area contributed by atoms with E-state index in [0.717, 1.165) is 10.1 Å². The standard InChI is InChI=1S/C14H14ClN3O3S2/c1-2-21-7-10(19)17-18-14(22)16-13(20)12-11(15)8-5-3-4-6-9(8)23-12/h3-6H,2,7H2,1H3,(H,17,19)(H2,16,18,20,22). The summed E-state index contributed by atoms with van der Waals surface area (Å²) in [5.74, 6) is -0.837. The van der Waals surface area contributed by atoms with E-state index in [1.165, 1.54) is 11.3 Å². The largest absolute Gasteiger partial charge is 0.372 e. The minimum Gasteiger partial charge on any atom is -0.372 e. The quantitative estimate of drug-likeness (QED) is 0.567. The number of ether oxygens (including phenoxy) is 1. The summed E-state index contributed by atoms with van der Waals surface area (Å²) in [6.45, 7) is 2.11. The molecule has 0 saturated carbocycles. The molecule has 0 aliphatic rings. The molecule has 0 atom stereocenters. The molecule has 6 nitrogen and oxygen atoms in total. The molecule has 0 aliphatic carbocycles. The first-order valence-electron chi connectivity index (χ1n) is 6.67. The second-order valence-electron chi connectivity index (χ2n) is 4.33. The number of carbonyl (C=O) groups is 2. The van der Waals surface area contributed by atoms with Gasteiger partial charge in [0.15, 0.2) is 5.11 Å². The lowest BCUT2D eigenvalue weighted by atomic mass is 10.2. The van der Waals surface area contributed by atoms with E-state index in [4.69, 9.17) is 28.6 Å². The van der Waals surface area contributed by atoms with Crippen LogP contribution in [0, 0.1) is 0 Å². The summed E-state index contributed by atoms with van der Waals surface area (Å²) < 4.78 is 5.84. The predicted molar refractivity (Wildman–Crippen MR) is 94.7 cm³/mol. The Morgan fingerprint density at radius 1 is 1.30 bits per heavy atom. The Kier molecular flexibility index (Phi) is 6.28. The van der Waals surface area contributed by atoms with Crippen molar-refractivity contribution >= 4 is 62.2 Å². The molecule has 2 aromatic rings. The third kappa shape index (κ3) is 4.61. The molecule has 0 radical (unpaired) electrons. The Labute approximate surface area is 147 Å². The molecule has 9 heteroatoms. The zero-order chi connectivity index (χ0) is 16.8. The highest BCUT2D eigenvalue weighted by atomic mass is 35.5. The first-order valence-corrected chi connectivity index (χ1v) is 8.28. The first kappa shape index (κ1) is 17.6. The van der Waals surface area contributed by atoms with Crippen LogP contribution in [0.4, 0.5) is 0 Å². The number of benzene rings is 1. The number of nitrogens with one attached hydrogen (secondary N) is 3. The number of rotatable bonds is 4. The van der Waals surface area contributed by atoms with Crippen LogP contribution in [0.2, 0.25) is 5.02 Å². The van der Waals surface area contributed by atoms with Crippen LogP contribution < -0.4 is 16.2 Å². The number of hydrogen-bond acceptors (Lipinski definition) is 5. The van der Waals surface area contributed by atoms with Crippen molar-refractivity contribution < 1.29 is 14.3 Å². The molecule has 1 aromatic heterocycles. The van der Waals surface area contributed by atoms with Crippen molar-refractivity contribution in [1.82, 2.24) is 16.2 Å². The average molecular weight is 372 g/mol. The molecule has 3 N–H and O–H groups in total. The van der Waals surface area contributed by atoms with Crippen molar-refractivity contribution in [2.75, 3.05) is 13.2 Å². The van der Waals surface area contributed by atoms with Crippen LogP contribution in [-0.4, -0.2) is 30.1 Å². The van der Waals surface area contributed by atoms with Crippen molar-refractivity contribution in [2.45, 2.75) is 6.92 Å². The van der Waals surface area contributed by atoms with Crippen LogP contribution in [0.25, 0.3) is 10.1 Å². The molecular formula is C14H14ClN3O3S2. The summed E-state index contributed by atoms with van der Waals surface area (Å²) in [4.78, 5) is 23.9. The molecule has 0 fully saturated rings. The summed E-state index contributed by atoms with van der Waals surface area (Å²) in [5.41, 5.74) is 4.74. The van der Waals surface area contributed by atoms with Crippen LogP contribution in [0.15, 0.2) is 24.3 Å². The maximum Gasteiger partial charge on any atom is 0.269 e. The van der Waals surface area contributed by atoms with E-state index < -0.39 is 11.8 Å². The smallest absolute Gasteiger partial charge is 0.269 e. The second kappa shape index (κ2) is 8.21. The maximum absolute atomic E-state index is 12.2. The minimum atomic E-state index is -0.437. The summed E-state index contributed by atoms with van der Waals surface area (Å²) in [7, 11) is 0. The minimum absolute atomic E-state index is 0.0339. The Bertz CT molecular complexity index is 748. The lowest BCUT2D eigenvalue weighted by molar-refractivity contribution is -0.126. The van der Waals surface area contributed by atoms with E-state index >= 15 is 0 Å². The Morgan fingerprint density at radius 2 is 2.04 bits per heavy atom. The second-order valence-corrected chi connectivity index (χ2v) is 6.17. The fourth-order valence-electron chi connectivity index (χ4n) is 1.71. The van der Waals surface area contributed by atoms with Gasteiger partial charge in [-0.1, -0.05) is 29.8 Å². The molecule has 0 saturated heterocycles. The molecule has 122 valence electrons. The SMILES string of the molecule is CCOCC(=O)NNC(=S)NC(=O)c1sc2ccccc2c1Cl. The monoisotopic (exact) mass is 371 g/mol. The van der Waals surface area contributed by atoms with Crippen molar-refractivity contribution in [1.29, 1.82) is 0 Å². The van der Waals surface area contributed by atoms with E-state index in [1.54, 1.807) is 6.92 Å². The third-order valence-corrected chi connectivity index (χ3v) is 4.60. The number of halogens is 1. The molecule has 23 heavy (non-hydrogen) atoms. The van der Waals surface area contributed by atoms with Gasteiger partial charge in [0, 0.05) is 16.7 Å². The van der Waals surface area contributed by atoms with Crippen LogP contribution in [0.3, 0.4) is 0 Å². The highest BCUT2D eigenvalue weighted by Gasteiger charge is 2.17. The fraction of sp³-hybridized carbons (Fsp3) is 0.214. The van der Waals surface area contributed by atoms with Gasteiger partial charge in [0.05, 0.1) is 5.02 Å². The van der Waals surface area contributed by atoms with Crippen LogP contribution in [0.5, 0.6) is 0 Å². The van der Waals surface area contributed by atoms with Gasteiger partial charge < -0.3 is 4.74 Å². The topological polar surface area (TPSA) is 79.5 Å². The molecule has 2 amide bonds. The van der Waals surface area contributed by atoms with Gasteiger partial charge in [0.25, 0.3) is 11.8 Å². The highest BCUT2D eigenvalue weighted by Crippen LogP contribution is 2.34. The van der Waals surface area contributed by atoms with E-state index in [-0.39, 0.29) is 11.7 Å². The molecule has 1 aromatic carbocycles.